The SMILES string of the molecule is CN(C)CCN1CCCC(C(N)=S)C1. The molecule has 4 heteroatoms. The summed E-state index contributed by atoms with van der Waals surface area (Å²) in [5.41, 5.74) is 5.68. The zero-order valence-corrected chi connectivity index (χ0v) is 10.0. The van der Waals surface area contributed by atoms with Gasteiger partial charge in [0.05, 0.1) is 4.99 Å². The molecule has 0 spiro atoms. The highest BCUT2D eigenvalue weighted by Crippen LogP contribution is 2.16. The Morgan fingerprint density at radius 3 is 2.86 bits per heavy atom. The van der Waals surface area contributed by atoms with Gasteiger partial charge in [0.15, 0.2) is 0 Å². The van der Waals surface area contributed by atoms with Crippen molar-refractivity contribution in [3.63, 3.8) is 0 Å². The van der Waals surface area contributed by atoms with E-state index in [2.05, 4.69) is 23.9 Å². The molecule has 1 aliphatic heterocycles. The van der Waals surface area contributed by atoms with Gasteiger partial charge in [-0.3, -0.25) is 0 Å². The molecule has 1 rings (SSSR count). The van der Waals surface area contributed by atoms with Gasteiger partial charge < -0.3 is 15.5 Å². The van der Waals surface area contributed by atoms with Gasteiger partial charge in [-0.1, -0.05) is 12.2 Å². The van der Waals surface area contributed by atoms with Gasteiger partial charge in [-0.2, -0.15) is 0 Å². The molecule has 82 valence electrons. The first-order valence-electron chi connectivity index (χ1n) is 5.26. The van der Waals surface area contributed by atoms with Crippen LogP contribution in [-0.4, -0.2) is 55.1 Å². The predicted octanol–water partition coefficient (Wildman–Crippen LogP) is 0.546. The van der Waals surface area contributed by atoms with Crippen molar-refractivity contribution < 1.29 is 0 Å². The minimum absolute atomic E-state index is 0.445. The highest BCUT2D eigenvalue weighted by atomic mass is 32.1. The van der Waals surface area contributed by atoms with Gasteiger partial charge in [0, 0.05) is 25.6 Å². The van der Waals surface area contributed by atoms with Crippen LogP contribution in [0.1, 0.15) is 12.8 Å². The Labute approximate surface area is 92.2 Å². The van der Waals surface area contributed by atoms with E-state index >= 15 is 0 Å². The van der Waals surface area contributed by atoms with Crippen LogP contribution < -0.4 is 5.73 Å². The lowest BCUT2D eigenvalue weighted by Gasteiger charge is -2.32. The lowest BCUT2D eigenvalue weighted by Crippen LogP contribution is -2.42. The molecule has 3 nitrogen and oxygen atoms in total. The molecule has 0 saturated carbocycles. The summed E-state index contributed by atoms with van der Waals surface area (Å²) in [7, 11) is 4.21. The normalized spacial score (nSPS) is 24.1. The zero-order valence-electron chi connectivity index (χ0n) is 9.20. The molecule has 0 amide bonds. The summed E-state index contributed by atoms with van der Waals surface area (Å²) in [4.78, 5) is 5.37. The second kappa shape index (κ2) is 5.63. The molecular weight excluding hydrogens is 194 g/mol. The average molecular weight is 215 g/mol. The number of nitrogens with zero attached hydrogens (tertiary/aromatic N) is 2. The number of likely N-dealkylation sites (N-methyl/N-ethyl adjacent to an activating group) is 1. The minimum Gasteiger partial charge on any atom is -0.393 e. The molecule has 1 unspecified atom stereocenters. The van der Waals surface area contributed by atoms with Crippen molar-refractivity contribution in [3.05, 3.63) is 0 Å². The monoisotopic (exact) mass is 215 g/mol. The van der Waals surface area contributed by atoms with E-state index in [1.165, 1.54) is 19.4 Å². The first-order chi connectivity index (χ1) is 6.59. The number of nitrogens with two attached hydrogens (primary N) is 1. The van der Waals surface area contributed by atoms with Crippen LogP contribution in [0.25, 0.3) is 0 Å². The Morgan fingerprint density at radius 1 is 1.57 bits per heavy atom. The van der Waals surface area contributed by atoms with Gasteiger partial charge >= 0.3 is 0 Å². The van der Waals surface area contributed by atoms with Gasteiger partial charge in [0.2, 0.25) is 0 Å². The number of piperidine rings is 1. The van der Waals surface area contributed by atoms with Crippen LogP contribution >= 0.6 is 12.2 Å². The fourth-order valence-corrected chi connectivity index (χ4v) is 2.02. The van der Waals surface area contributed by atoms with Crippen molar-refractivity contribution in [1.82, 2.24) is 9.80 Å². The minimum atomic E-state index is 0.445. The topological polar surface area (TPSA) is 32.5 Å². The van der Waals surface area contributed by atoms with Gasteiger partial charge in [0.25, 0.3) is 0 Å². The zero-order chi connectivity index (χ0) is 10.6. The molecule has 0 aliphatic carbocycles. The van der Waals surface area contributed by atoms with Crippen molar-refractivity contribution in [2.24, 2.45) is 11.7 Å². The molecule has 0 bridgehead atoms. The van der Waals surface area contributed by atoms with Crippen LogP contribution in [0.2, 0.25) is 0 Å². The maximum atomic E-state index is 5.68. The van der Waals surface area contributed by atoms with Crippen LogP contribution in [0.4, 0.5) is 0 Å². The first kappa shape index (κ1) is 11.9. The Morgan fingerprint density at radius 2 is 2.29 bits per heavy atom. The van der Waals surface area contributed by atoms with Crippen molar-refractivity contribution in [2.75, 3.05) is 40.3 Å². The molecule has 1 saturated heterocycles. The largest absolute Gasteiger partial charge is 0.393 e. The van der Waals surface area contributed by atoms with Gasteiger partial charge in [0.1, 0.15) is 0 Å². The molecule has 0 aromatic heterocycles. The summed E-state index contributed by atoms with van der Waals surface area (Å²) in [6.07, 6.45) is 2.41. The van der Waals surface area contributed by atoms with E-state index < -0.39 is 0 Å². The third kappa shape index (κ3) is 3.90. The highest BCUT2D eigenvalue weighted by molar-refractivity contribution is 7.80. The summed E-state index contributed by atoms with van der Waals surface area (Å²) in [5.74, 6) is 0.445. The maximum Gasteiger partial charge on any atom is 0.0771 e. The van der Waals surface area contributed by atoms with E-state index in [0.29, 0.717) is 10.9 Å². The predicted molar refractivity (Wildman–Crippen MR) is 64.5 cm³/mol. The average Bonchev–Trinajstić information content (AvgIpc) is 2.15. The molecule has 1 heterocycles. The molecule has 0 aromatic rings. The summed E-state index contributed by atoms with van der Waals surface area (Å²) in [6, 6.07) is 0. The molecule has 2 N–H and O–H groups in total. The van der Waals surface area contributed by atoms with Gasteiger partial charge in [-0.15, -0.1) is 0 Å². The summed E-state index contributed by atoms with van der Waals surface area (Å²) in [6.45, 7) is 4.51. The first-order valence-corrected chi connectivity index (χ1v) is 5.67. The lowest BCUT2D eigenvalue weighted by atomic mass is 9.98. The second-order valence-electron chi connectivity index (χ2n) is 4.35. The Bertz CT molecular complexity index is 194. The van der Waals surface area contributed by atoms with E-state index in [9.17, 15) is 0 Å². The van der Waals surface area contributed by atoms with Crippen LogP contribution in [0.3, 0.4) is 0 Å². The molecular formula is C10H21N3S. The fourth-order valence-electron chi connectivity index (χ4n) is 1.83. The highest BCUT2D eigenvalue weighted by Gasteiger charge is 2.21. The Kier molecular flexibility index (Phi) is 4.78. The molecule has 14 heavy (non-hydrogen) atoms. The lowest BCUT2D eigenvalue weighted by molar-refractivity contribution is 0.187. The Hall–Kier alpha value is -0.190. The molecule has 1 aliphatic rings. The Balaban J connectivity index is 2.29. The van der Waals surface area contributed by atoms with E-state index in [1.807, 2.05) is 0 Å². The van der Waals surface area contributed by atoms with Gasteiger partial charge in [-0.05, 0) is 33.5 Å². The number of likely N-dealkylation sites (tertiary alicyclic amines) is 1. The van der Waals surface area contributed by atoms with Crippen molar-refractivity contribution in [1.29, 1.82) is 0 Å². The number of hydrogen-bond acceptors (Lipinski definition) is 3. The second-order valence-corrected chi connectivity index (χ2v) is 4.82. The van der Waals surface area contributed by atoms with Crippen molar-refractivity contribution in [3.8, 4) is 0 Å². The van der Waals surface area contributed by atoms with E-state index in [4.69, 9.17) is 18.0 Å². The van der Waals surface area contributed by atoms with Crippen LogP contribution in [0.15, 0.2) is 0 Å². The number of thiocarbonyl (C=S) groups is 1. The van der Waals surface area contributed by atoms with Crippen LogP contribution in [-0.2, 0) is 0 Å². The fraction of sp³-hybridized carbons (Fsp3) is 0.900. The van der Waals surface area contributed by atoms with Crippen molar-refractivity contribution in [2.45, 2.75) is 12.8 Å². The van der Waals surface area contributed by atoms with E-state index in [0.717, 1.165) is 19.6 Å². The van der Waals surface area contributed by atoms with Crippen LogP contribution in [0, 0.1) is 5.92 Å². The quantitative estimate of drug-likeness (QED) is 0.694. The van der Waals surface area contributed by atoms with Gasteiger partial charge in [-0.25, -0.2) is 0 Å². The van der Waals surface area contributed by atoms with Crippen molar-refractivity contribution >= 4 is 17.2 Å². The molecule has 0 aromatic carbocycles. The van der Waals surface area contributed by atoms with Crippen LogP contribution in [0.5, 0.6) is 0 Å². The third-order valence-electron chi connectivity index (χ3n) is 2.77. The van der Waals surface area contributed by atoms with E-state index in [-0.39, 0.29) is 0 Å². The molecule has 0 radical (unpaired) electrons. The molecule has 1 atom stereocenters. The summed E-state index contributed by atoms with van der Waals surface area (Å²) >= 11 is 5.04. The van der Waals surface area contributed by atoms with E-state index in [1.54, 1.807) is 0 Å². The standard InChI is InChI=1S/C10H21N3S/c1-12(2)6-7-13-5-3-4-9(8-13)10(11)14/h9H,3-8H2,1-2H3,(H2,11,14). The maximum absolute atomic E-state index is 5.68. The smallest absolute Gasteiger partial charge is 0.0771 e. The number of hydrogen-bond donors (Lipinski definition) is 1. The summed E-state index contributed by atoms with van der Waals surface area (Å²) in [5, 5.41) is 0. The third-order valence-corrected chi connectivity index (χ3v) is 3.10. The summed E-state index contributed by atoms with van der Waals surface area (Å²) < 4.78 is 0. The number of rotatable bonds is 4. The molecule has 1 fully saturated rings.